The smallest absolute Gasteiger partial charge is 0.138 e. The Morgan fingerprint density at radius 2 is 1.76 bits per heavy atom. The van der Waals surface area contributed by atoms with E-state index in [9.17, 15) is 5.11 Å². The monoisotopic (exact) mass is 433 g/mol. The number of aliphatic hydroxyl groups excluding tert-OH is 1. The third-order valence-electron chi connectivity index (χ3n) is 2.75. The number of halogens is 3. The van der Waals surface area contributed by atoms with Gasteiger partial charge in [-0.2, -0.15) is 0 Å². The number of rotatable bonds is 6. The highest BCUT2D eigenvalue weighted by Crippen LogP contribution is 2.30. The molecule has 0 bridgehead atoms. The van der Waals surface area contributed by atoms with Crippen molar-refractivity contribution in [3.05, 3.63) is 56.4 Å². The molecule has 1 atom stereocenters. The zero-order chi connectivity index (χ0) is 15.2. The first-order valence-corrected chi connectivity index (χ1v) is 8.27. The van der Waals surface area contributed by atoms with E-state index < -0.39 is 6.10 Å². The average Bonchev–Trinajstić information content (AvgIpc) is 2.46. The molecule has 0 spiro atoms. The first-order chi connectivity index (χ1) is 10.1. The quantitative estimate of drug-likeness (QED) is 0.690. The van der Waals surface area contributed by atoms with E-state index in [-0.39, 0.29) is 6.61 Å². The number of aliphatic hydroxyl groups is 1. The molecule has 3 nitrogen and oxygen atoms in total. The molecule has 0 saturated carbocycles. The van der Waals surface area contributed by atoms with Gasteiger partial charge in [0.05, 0.1) is 10.7 Å². The summed E-state index contributed by atoms with van der Waals surface area (Å²) in [6.45, 7) is 0.532. The van der Waals surface area contributed by atoms with E-state index in [1.54, 1.807) is 12.1 Å². The van der Waals surface area contributed by atoms with Gasteiger partial charge >= 0.3 is 0 Å². The second kappa shape index (κ2) is 8.03. The van der Waals surface area contributed by atoms with E-state index in [1.165, 1.54) is 0 Å². The lowest BCUT2D eigenvalue weighted by atomic mass is 10.3. The van der Waals surface area contributed by atoms with Gasteiger partial charge in [0.1, 0.15) is 18.5 Å². The van der Waals surface area contributed by atoms with Crippen LogP contribution in [-0.2, 0) is 0 Å². The first kappa shape index (κ1) is 16.6. The summed E-state index contributed by atoms with van der Waals surface area (Å²) in [4.78, 5) is 0. The standard InChI is InChI=1S/C15H14Br2ClNO2/c16-11-4-3-5-12(17)15(11)19-8-10(20)9-21-14-7-2-1-6-13(14)18/h1-7,10,19-20H,8-9H2. The van der Waals surface area contributed by atoms with Gasteiger partial charge in [-0.15, -0.1) is 0 Å². The molecule has 2 N–H and O–H groups in total. The van der Waals surface area contributed by atoms with Gasteiger partial charge in [0.2, 0.25) is 0 Å². The van der Waals surface area contributed by atoms with Crippen LogP contribution >= 0.6 is 43.5 Å². The third kappa shape index (κ3) is 4.88. The fourth-order valence-corrected chi connectivity index (χ4v) is 3.16. The summed E-state index contributed by atoms with van der Waals surface area (Å²) in [5.41, 5.74) is 0.897. The minimum Gasteiger partial charge on any atom is -0.489 e. The Hall–Kier alpha value is -0.750. The van der Waals surface area contributed by atoms with E-state index in [4.69, 9.17) is 16.3 Å². The van der Waals surface area contributed by atoms with Crippen molar-refractivity contribution in [1.29, 1.82) is 0 Å². The Bertz CT molecular complexity index is 590. The van der Waals surface area contributed by atoms with E-state index in [0.29, 0.717) is 17.3 Å². The molecule has 1 unspecified atom stereocenters. The summed E-state index contributed by atoms with van der Waals surface area (Å²) in [6, 6.07) is 13.0. The SMILES string of the molecule is OC(CNc1c(Br)cccc1Br)COc1ccccc1Cl. The molecule has 0 aliphatic carbocycles. The zero-order valence-corrected chi connectivity index (χ0v) is 15.0. The molecule has 2 aromatic rings. The van der Waals surface area contributed by atoms with Crippen LogP contribution in [0.15, 0.2) is 51.4 Å². The normalized spacial score (nSPS) is 12.0. The number of anilines is 1. The number of benzene rings is 2. The lowest BCUT2D eigenvalue weighted by Crippen LogP contribution is -2.26. The van der Waals surface area contributed by atoms with Crippen LogP contribution in [-0.4, -0.2) is 24.4 Å². The van der Waals surface area contributed by atoms with E-state index in [2.05, 4.69) is 37.2 Å². The maximum Gasteiger partial charge on any atom is 0.138 e. The zero-order valence-electron chi connectivity index (χ0n) is 11.0. The van der Waals surface area contributed by atoms with E-state index in [1.807, 2.05) is 30.3 Å². The molecule has 0 fully saturated rings. The third-order valence-corrected chi connectivity index (χ3v) is 4.38. The van der Waals surface area contributed by atoms with Gasteiger partial charge in [-0.1, -0.05) is 29.8 Å². The van der Waals surface area contributed by atoms with Crippen LogP contribution in [0.3, 0.4) is 0 Å². The van der Waals surface area contributed by atoms with Crippen LogP contribution in [0.5, 0.6) is 5.75 Å². The van der Waals surface area contributed by atoms with Crippen LogP contribution in [0.2, 0.25) is 5.02 Å². The minimum absolute atomic E-state index is 0.165. The molecule has 2 rings (SSSR count). The van der Waals surface area contributed by atoms with E-state index in [0.717, 1.165) is 14.6 Å². The van der Waals surface area contributed by atoms with Gasteiger partial charge in [-0.3, -0.25) is 0 Å². The maximum atomic E-state index is 9.98. The Kier molecular flexibility index (Phi) is 6.36. The van der Waals surface area contributed by atoms with Crippen molar-refractivity contribution in [2.45, 2.75) is 6.10 Å². The van der Waals surface area contributed by atoms with Crippen LogP contribution in [0.25, 0.3) is 0 Å². The van der Waals surface area contributed by atoms with Crippen LogP contribution < -0.4 is 10.1 Å². The topological polar surface area (TPSA) is 41.5 Å². The van der Waals surface area contributed by atoms with E-state index >= 15 is 0 Å². The number of para-hydroxylation sites is 2. The lowest BCUT2D eigenvalue weighted by Gasteiger charge is -2.16. The highest BCUT2D eigenvalue weighted by atomic mass is 79.9. The molecular weight excluding hydrogens is 421 g/mol. The molecule has 21 heavy (non-hydrogen) atoms. The summed E-state index contributed by atoms with van der Waals surface area (Å²) in [5.74, 6) is 0.570. The number of hydrogen-bond donors (Lipinski definition) is 2. The number of ether oxygens (including phenoxy) is 1. The summed E-state index contributed by atoms with van der Waals surface area (Å²) in [7, 11) is 0. The molecular formula is C15H14Br2ClNO2. The maximum absolute atomic E-state index is 9.98. The summed E-state index contributed by atoms with van der Waals surface area (Å²) >= 11 is 12.9. The molecule has 0 saturated heterocycles. The Morgan fingerprint density at radius 1 is 1.10 bits per heavy atom. The first-order valence-electron chi connectivity index (χ1n) is 6.31. The van der Waals surface area contributed by atoms with Gasteiger partial charge in [-0.25, -0.2) is 0 Å². The molecule has 112 valence electrons. The van der Waals surface area contributed by atoms with Gasteiger partial charge in [0, 0.05) is 15.5 Å². The summed E-state index contributed by atoms with van der Waals surface area (Å²) < 4.78 is 7.36. The summed E-state index contributed by atoms with van der Waals surface area (Å²) in [6.07, 6.45) is -0.653. The van der Waals surface area contributed by atoms with Crippen molar-refractivity contribution >= 4 is 49.1 Å². The Morgan fingerprint density at radius 3 is 2.43 bits per heavy atom. The van der Waals surface area contributed by atoms with Crippen molar-refractivity contribution in [2.75, 3.05) is 18.5 Å². The van der Waals surface area contributed by atoms with Crippen LogP contribution in [0.4, 0.5) is 5.69 Å². The molecule has 0 radical (unpaired) electrons. The molecule has 0 aromatic heterocycles. The number of hydrogen-bond acceptors (Lipinski definition) is 3. The average molecular weight is 436 g/mol. The van der Waals surface area contributed by atoms with Gasteiger partial charge in [0.25, 0.3) is 0 Å². The fraction of sp³-hybridized carbons (Fsp3) is 0.200. The van der Waals surface area contributed by atoms with Crippen molar-refractivity contribution < 1.29 is 9.84 Å². The molecule has 0 aliphatic heterocycles. The fourth-order valence-electron chi connectivity index (χ4n) is 1.69. The minimum atomic E-state index is -0.653. The lowest BCUT2D eigenvalue weighted by molar-refractivity contribution is 0.117. The summed E-state index contributed by atoms with van der Waals surface area (Å²) in [5, 5.41) is 13.7. The van der Waals surface area contributed by atoms with Crippen molar-refractivity contribution in [3.63, 3.8) is 0 Å². The van der Waals surface area contributed by atoms with Crippen LogP contribution in [0.1, 0.15) is 0 Å². The van der Waals surface area contributed by atoms with Gasteiger partial charge in [-0.05, 0) is 56.1 Å². The number of nitrogens with one attached hydrogen (secondary N) is 1. The molecule has 0 aliphatic rings. The predicted octanol–water partition coefficient (Wildman–Crippen LogP) is 4.72. The van der Waals surface area contributed by atoms with Gasteiger partial charge in [0.15, 0.2) is 0 Å². The molecule has 0 amide bonds. The van der Waals surface area contributed by atoms with Crippen LogP contribution in [0, 0.1) is 0 Å². The second-order valence-corrected chi connectivity index (χ2v) is 6.49. The molecule has 2 aromatic carbocycles. The Balaban J connectivity index is 1.85. The Labute approximate surface area is 145 Å². The largest absolute Gasteiger partial charge is 0.489 e. The highest BCUT2D eigenvalue weighted by molar-refractivity contribution is 9.11. The van der Waals surface area contributed by atoms with Crippen molar-refractivity contribution in [1.82, 2.24) is 0 Å². The van der Waals surface area contributed by atoms with Crippen molar-refractivity contribution in [3.8, 4) is 5.75 Å². The molecule has 6 heteroatoms. The molecule has 0 heterocycles. The van der Waals surface area contributed by atoms with Crippen molar-refractivity contribution in [2.24, 2.45) is 0 Å². The predicted molar refractivity (Wildman–Crippen MR) is 93.3 cm³/mol. The highest BCUT2D eigenvalue weighted by Gasteiger charge is 2.09. The van der Waals surface area contributed by atoms with Gasteiger partial charge < -0.3 is 15.2 Å². The second-order valence-electron chi connectivity index (χ2n) is 4.37.